The van der Waals surface area contributed by atoms with Crippen molar-refractivity contribution < 1.29 is 24.5 Å². The van der Waals surface area contributed by atoms with Crippen molar-refractivity contribution in [3.8, 4) is 0 Å². The third-order valence-corrected chi connectivity index (χ3v) is 14.9. The molecule has 2 unspecified atom stereocenters. The second-order valence-electron chi connectivity index (χ2n) is 21.8. The molecule has 68 heavy (non-hydrogen) atoms. The number of rotatable bonds is 59. The fourth-order valence-corrected chi connectivity index (χ4v) is 10.1. The molecule has 6 heteroatoms. The average molecular weight is 963 g/mol. The van der Waals surface area contributed by atoms with Gasteiger partial charge in [-0.25, -0.2) is 0 Å². The molecule has 3 N–H and O–H groups in total. The standard InChI is InChI=1S/C62H123NO5/c1-3-5-7-9-11-13-15-17-19-21-22-24-28-32-36-40-44-48-52-56-62(67)68-57-53-49-45-41-37-33-29-25-27-31-35-39-43-47-51-55-61(66)63-59(58-64)60(65)54-50-46-42-38-34-30-26-23-20-18-16-14-12-10-8-6-4-2/h59-60,64-65H,3-58H2,1-2H3,(H,63,66). The fourth-order valence-electron chi connectivity index (χ4n) is 10.1. The maximum atomic E-state index is 12.5. The van der Waals surface area contributed by atoms with Crippen molar-refractivity contribution in [1.29, 1.82) is 0 Å². The van der Waals surface area contributed by atoms with Crippen molar-refractivity contribution in [2.24, 2.45) is 0 Å². The highest BCUT2D eigenvalue weighted by molar-refractivity contribution is 5.76. The van der Waals surface area contributed by atoms with Crippen molar-refractivity contribution in [1.82, 2.24) is 5.32 Å². The number of esters is 1. The number of unbranched alkanes of at least 4 members (excludes halogenated alkanes) is 48. The number of amides is 1. The van der Waals surface area contributed by atoms with Crippen LogP contribution in [0, 0.1) is 0 Å². The van der Waals surface area contributed by atoms with E-state index in [1.807, 2.05) is 0 Å². The van der Waals surface area contributed by atoms with Gasteiger partial charge < -0.3 is 20.3 Å². The monoisotopic (exact) mass is 962 g/mol. The number of hydrogen-bond acceptors (Lipinski definition) is 5. The van der Waals surface area contributed by atoms with Crippen LogP contribution in [-0.4, -0.2) is 47.4 Å². The summed E-state index contributed by atoms with van der Waals surface area (Å²) < 4.78 is 5.50. The molecule has 0 aromatic carbocycles. The molecule has 2 atom stereocenters. The van der Waals surface area contributed by atoms with Crippen LogP contribution in [0.5, 0.6) is 0 Å². The van der Waals surface area contributed by atoms with Crippen molar-refractivity contribution in [3.05, 3.63) is 0 Å². The van der Waals surface area contributed by atoms with E-state index in [0.717, 1.165) is 44.9 Å². The van der Waals surface area contributed by atoms with Gasteiger partial charge in [0.2, 0.25) is 5.91 Å². The number of ether oxygens (including phenoxy) is 1. The molecule has 406 valence electrons. The number of aliphatic hydroxyl groups is 2. The summed E-state index contributed by atoms with van der Waals surface area (Å²) in [5.41, 5.74) is 0. The molecule has 0 spiro atoms. The minimum Gasteiger partial charge on any atom is -0.466 e. The first kappa shape index (κ1) is 66.9. The second kappa shape index (κ2) is 58.4. The number of carbonyl (C=O) groups excluding carboxylic acids is 2. The van der Waals surface area contributed by atoms with Gasteiger partial charge in [0.15, 0.2) is 0 Å². The summed E-state index contributed by atoms with van der Waals surface area (Å²) in [5, 5.41) is 23.3. The van der Waals surface area contributed by atoms with Crippen LogP contribution in [0.15, 0.2) is 0 Å². The molecule has 0 aliphatic rings. The number of hydrogen-bond donors (Lipinski definition) is 3. The molecule has 0 saturated carbocycles. The van der Waals surface area contributed by atoms with Gasteiger partial charge in [0, 0.05) is 12.8 Å². The fraction of sp³-hybridized carbons (Fsp3) is 0.968. The molecule has 1 amide bonds. The maximum Gasteiger partial charge on any atom is 0.305 e. The van der Waals surface area contributed by atoms with Crippen molar-refractivity contribution in [2.75, 3.05) is 13.2 Å². The highest BCUT2D eigenvalue weighted by Crippen LogP contribution is 2.19. The Kier molecular flexibility index (Phi) is 57.5. The summed E-state index contributed by atoms with van der Waals surface area (Å²) in [6.45, 7) is 4.98. The summed E-state index contributed by atoms with van der Waals surface area (Å²) in [6.07, 6.45) is 68.2. The molecule has 0 saturated heterocycles. The quantitative estimate of drug-likeness (QED) is 0.0417. The first-order chi connectivity index (χ1) is 33.5. The molecule has 0 radical (unpaired) electrons. The highest BCUT2D eigenvalue weighted by atomic mass is 16.5. The highest BCUT2D eigenvalue weighted by Gasteiger charge is 2.20. The summed E-state index contributed by atoms with van der Waals surface area (Å²) in [5.74, 6) is -0.0326. The Labute approximate surface area is 426 Å². The topological polar surface area (TPSA) is 95.9 Å². The minimum atomic E-state index is -0.669. The van der Waals surface area contributed by atoms with Crippen LogP contribution in [0.1, 0.15) is 361 Å². The van der Waals surface area contributed by atoms with Crippen LogP contribution in [-0.2, 0) is 14.3 Å². The SMILES string of the molecule is CCCCCCCCCCCCCCCCCCCCCC(=O)OCCCCCCCCCCCCCCCCCC(=O)NC(CO)C(O)CCCCCCCCCCCCCCCCCCC. The van der Waals surface area contributed by atoms with Crippen molar-refractivity contribution in [3.63, 3.8) is 0 Å². The Morgan fingerprint density at radius 3 is 0.897 bits per heavy atom. The lowest BCUT2D eigenvalue weighted by molar-refractivity contribution is -0.143. The van der Waals surface area contributed by atoms with Crippen LogP contribution in [0.25, 0.3) is 0 Å². The van der Waals surface area contributed by atoms with E-state index in [1.165, 1.54) is 283 Å². The van der Waals surface area contributed by atoms with E-state index < -0.39 is 12.1 Å². The van der Waals surface area contributed by atoms with Gasteiger partial charge in [-0.2, -0.15) is 0 Å². The first-order valence-electron chi connectivity index (χ1n) is 31.3. The van der Waals surface area contributed by atoms with E-state index in [0.29, 0.717) is 25.9 Å². The zero-order chi connectivity index (χ0) is 49.3. The Bertz CT molecular complexity index is 975. The minimum absolute atomic E-state index is 0.00682. The lowest BCUT2D eigenvalue weighted by Gasteiger charge is -2.22. The lowest BCUT2D eigenvalue weighted by Crippen LogP contribution is -2.45. The molecule has 0 fully saturated rings. The van der Waals surface area contributed by atoms with Crippen molar-refractivity contribution >= 4 is 11.9 Å². The predicted molar refractivity (Wildman–Crippen MR) is 297 cm³/mol. The number of aliphatic hydroxyl groups excluding tert-OH is 2. The van der Waals surface area contributed by atoms with E-state index in [1.54, 1.807) is 0 Å². The Hall–Kier alpha value is -1.14. The summed E-state index contributed by atoms with van der Waals surface area (Å²) in [6, 6.07) is -0.547. The van der Waals surface area contributed by atoms with E-state index in [9.17, 15) is 19.8 Å². The first-order valence-corrected chi connectivity index (χ1v) is 31.3. The largest absolute Gasteiger partial charge is 0.466 e. The summed E-state index contributed by atoms with van der Waals surface area (Å²) in [7, 11) is 0. The van der Waals surface area contributed by atoms with Gasteiger partial charge in [0.05, 0.1) is 25.4 Å². The third-order valence-electron chi connectivity index (χ3n) is 14.9. The van der Waals surface area contributed by atoms with Gasteiger partial charge in [-0.15, -0.1) is 0 Å². The smallest absolute Gasteiger partial charge is 0.305 e. The van der Waals surface area contributed by atoms with Gasteiger partial charge in [-0.3, -0.25) is 9.59 Å². The molecule has 0 bridgehead atoms. The van der Waals surface area contributed by atoms with Crippen LogP contribution in [0.3, 0.4) is 0 Å². The van der Waals surface area contributed by atoms with Crippen LogP contribution < -0.4 is 5.32 Å². The molecule has 6 nitrogen and oxygen atoms in total. The summed E-state index contributed by atoms with van der Waals surface area (Å²) in [4.78, 5) is 24.6. The molecule has 0 aromatic rings. The van der Waals surface area contributed by atoms with Crippen molar-refractivity contribution in [2.45, 2.75) is 373 Å². The molecular weight excluding hydrogens is 839 g/mol. The Morgan fingerprint density at radius 1 is 0.353 bits per heavy atom. The van der Waals surface area contributed by atoms with Gasteiger partial charge in [0.1, 0.15) is 0 Å². The molecule has 0 aliphatic carbocycles. The predicted octanol–water partition coefficient (Wildman–Crippen LogP) is 19.5. The molecule has 0 aromatic heterocycles. The number of carbonyl (C=O) groups is 2. The van der Waals surface area contributed by atoms with Gasteiger partial charge in [-0.05, 0) is 25.7 Å². The van der Waals surface area contributed by atoms with E-state index in [-0.39, 0.29) is 18.5 Å². The zero-order valence-electron chi connectivity index (χ0n) is 46.4. The van der Waals surface area contributed by atoms with Crippen LogP contribution in [0.4, 0.5) is 0 Å². The molecule has 0 aliphatic heterocycles. The van der Waals surface area contributed by atoms with Gasteiger partial charge in [-0.1, -0.05) is 322 Å². The Balaban J connectivity index is 3.39. The number of nitrogens with one attached hydrogen (secondary N) is 1. The van der Waals surface area contributed by atoms with E-state index >= 15 is 0 Å². The van der Waals surface area contributed by atoms with Gasteiger partial charge in [0.25, 0.3) is 0 Å². The summed E-state index contributed by atoms with van der Waals surface area (Å²) >= 11 is 0. The normalized spacial score (nSPS) is 12.5. The van der Waals surface area contributed by atoms with Gasteiger partial charge >= 0.3 is 5.97 Å². The molecular formula is C62H123NO5. The second-order valence-corrected chi connectivity index (χ2v) is 21.8. The van der Waals surface area contributed by atoms with Crippen LogP contribution >= 0.6 is 0 Å². The lowest BCUT2D eigenvalue weighted by atomic mass is 10.0. The maximum absolute atomic E-state index is 12.5. The molecule has 0 rings (SSSR count). The zero-order valence-corrected chi connectivity index (χ0v) is 46.4. The van der Waals surface area contributed by atoms with E-state index in [2.05, 4.69) is 19.2 Å². The average Bonchev–Trinajstić information content (AvgIpc) is 3.34. The molecule has 0 heterocycles. The van der Waals surface area contributed by atoms with E-state index in [4.69, 9.17) is 4.74 Å². The third kappa shape index (κ3) is 54.2. The van der Waals surface area contributed by atoms with Crippen LogP contribution in [0.2, 0.25) is 0 Å². The Morgan fingerprint density at radius 2 is 0.603 bits per heavy atom.